The highest BCUT2D eigenvalue weighted by atomic mass is 35.5. The molecule has 6 nitrogen and oxygen atoms in total. The Bertz CT molecular complexity index is 997. The van der Waals surface area contributed by atoms with Crippen LogP contribution in [0.15, 0.2) is 59.6 Å². The zero-order valence-corrected chi connectivity index (χ0v) is 16.0. The van der Waals surface area contributed by atoms with E-state index in [4.69, 9.17) is 11.6 Å². The molecule has 0 radical (unpaired) electrons. The molecule has 136 valence electrons. The minimum atomic E-state index is -0.487. The number of urea groups is 1. The lowest BCUT2D eigenvalue weighted by Gasteiger charge is -2.10. The van der Waals surface area contributed by atoms with Gasteiger partial charge in [-0.05, 0) is 36.1 Å². The van der Waals surface area contributed by atoms with Crippen LogP contribution in [0, 0.1) is 11.3 Å². The summed E-state index contributed by atoms with van der Waals surface area (Å²) in [7, 11) is 0. The van der Waals surface area contributed by atoms with E-state index >= 15 is 0 Å². The van der Waals surface area contributed by atoms with E-state index in [0.717, 1.165) is 11.4 Å². The third kappa shape index (κ3) is 4.42. The van der Waals surface area contributed by atoms with Gasteiger partial charge in [0.2, 0.25) is 0 Å². The molecule has 1 heterocycles. The van der Waals surface area contributed by atoms with Crippen molar-refractivity contribution < 1.29 is 4.79 Å². The fourth-order valence-corrected chi connectivity index (χ4v) is 3.33. The Kier molecular flexibility index (Phi) is 6.01. The fraction of sp³-hybridized carbons (Fsp3) is 0.105. The van der Waals surface area contributed by atoms with Crippen LogP contribution in [0.25, 0.3) is 5.69 Å². The molecule has 0 aliphatic rings. The summed E-state index contributed by atoms with van der Waals surface area (Å²) in [6.45, 7) is 1.98. The summed E-state index contributed by atoms with van der Waals surface area (Å²) < 4.78 is 1.56. The van der Waals surface area contributed by atoms with Gasteiger partial charge >= 0.3 is 6.03 Å². The van der Waals surface area contributed by atoms with E-state index in [2.05, 4.69) is 21.8 Å². The molecule has 3 rings (SSSR count). The van der Waals surface area contributed by atoms with Gasteiger partial charge in [0.05, 0.1) is 5.69 Å². The van der Waals surface area contributed by atoms with Crippen LogP contribution >= 0.6 is 23.4 Å². The number of rotatable bonds is 5. The standard InChI is InChI=1S/C19H16ClN5OS/c1-2-27-18-16(12-21)17(25(24-18)15-9-4-3-5-10-15)23-19(26)22-14-8-6-7-13(20)11-14/h3-11H,2H2,1H3,(H2,22,23,26). The second-order valence-corrected chi connectivity index (χ2v) is 7.10. The van der Waals surface area contributed by atoms with Crippen LogP contribution < -0.4 is 10.6 Å². The molecular formula is C19H16ClN5OS. The number of aromatic nitrogens is 2. The average Bonchev–Trinajstić information content (AvgIpc) is 2.99. The molecule has 0 fully saturated rings. The van der Waals surface area contributed by atoms with Crippen molar-refractivity contribution in [3.8, 4) is 11.8 Å². The van der Waals surface area contributed by atoms with E-state index in [1.165, 1.54) is 11.8 Å². The summed E-state index contributed by atoms with van der Waals surface area (Å²) in [5.74, 6) is 1.08. The minimum absolute atomic E-state index is 0.319. The third-order valence-electron chi connectivity index (χ3n) is 3.56. The van der Waals surface area contributed by atoms with Crippen LogP contribution in [-0.2, 0) is 0 Å². The number of anilines is 2. The van der Waals surface area contributed by atoms with Crippen molar-refractivity contribution in [1.82, 2.24) is 9.78 Å². The first kappa shape index (κ1) is 18.8. The largest absolute Gasteiger partial charge is 0.324 e. The molecule has 0 atom stereocenters. The number of halogens is 1. The number of carbonyl (C=O) groups excluding carboxylic acids is 1. The van der Waals surface area contributed by atoms with E-state index in [-0.39, 0.29) is 0 Å². The summed E-state index contributed by atoms with van der Waals surface area (Å²) in [6.07, 6.45) is 0. The topological polar surface area (TPSA) is 82.7 Å². The quantitative estimate of drug-likeness (QED) is 0.583. The first-order valence-corrected chi connectivity index (χ1v) is 9.53. The number of thioether (sulfide) groups is 1. The normalized spacial score (nSPS) is 10.3. The van der Waals surface area contributed by atoms with Crippen molar-refractivity contribution in [2.45, 2.75) is 11.9 Å². The molecule has 0 saturated carbocycles. The van der Waals surface area contributed by atoms with Gasteiger partial charge in [-0.1, -0.05) is 42.8 Å². The second-order valence-electron chi connectivity index (χ2n) is 5.41. The molecule has 0 spiro atoms. The number of nitrogens with zero attached hydrogens (tertiary/aromatic N) is 3. The Morgan fingerprint density at radius 2 is 2.00 bits per heavy atom. The maximum Gasteiger partial charge on any atom is 0.324 e. The Morgan fingerprint density at radius 1 is 1.22 bits per heavy atom. The third-order valence-corrected chi connectivity index (χ3v) is 4.64. The monoisotopic (exact) mass is 397 g/mol. The maximum absolute atomic E-state index is 12.5. The molecule has 0 unspecified atom stereocenters. The van der Waals surface area contributed by atoms with Crippen molar-refractivity contribution >= 4 is 40.9 Å². The van der Waals surface area contributed by atoms with Gasteiger partial charge in [-0.15, -0.1) is 11.8 Å². The van der Waals surface area contributed by atoms with Gasteiger partial charge in [-0.2, -0.15) is 10.4 Å². The van der Waals surface area contributed by atoms with Crippen molar-refractivity contribution in [1.29, 1.82) is 5.26 Å². The number of nitriles is 1. The molecule has 27 heavy (non-hydrogen) atoms. The molecule has 0 aliphatic heterocycles. The summed E-state index contributed by atoms with van der Waals surface area (Å²) >= 11 is 7.39. The van der Waals surface area contributed by atoms with Gasteiger partial charge in [0.15, 0.2) is 5.82 Å². The molecule has 0 saturated heterocycles. The summed E-state index contributed by atoms with van der Waals surface area (Å²) in [5, 5.41) is 20.7. The lowest BCUT2D eigenvalue weighted by molar-refractivity contribution is 0.262. The Hall–Kier alpha value is -2.95. The number of benzene rings is 2. The van der Waals surface area contributed by atoms with Crippen LogP contribution in [0.5, 0.6) is 0 Å². The molecule has 3 aromatic rings. The highest BCUT2D eigenvalue weighted by Crippen LogP contribution is 2.30. The molecule has 2 amide bonds. The zero-order valence-electron chi connectivity index (χ0n) is 14.4. The Balaban J connectivity index is 1.95. The Morgan fingerprint density at radius 3 is 2.67 bits per heavy atom. The summed E-state index contributed by atoms with van der Waals surface area (Å²) in [6, 6.07) is 17.8. The number of para-hydroxylation sites is 1. The lowest BCUT2D eigenvalue weighted by Crippen LogP contribution is -2.21. The first-order chi connectivity index (χ1) is 13.1. The van der Waals surface area contributed by atoms with Crippen LogP contribution in [0.3, 0.4) is 0 Å². The number of hydrogen-bond acceptors (Lipinski definition) is 4. The van der Waals surface area contributed by atoms with E-state index in [0.29, 0.717) is 27.1 Å². The van der Waals surface area contributed by atoms with Crippen molar-refractivity contribution in [2.75, 3.05) is 16.4 Å². The van der Waals surface area contributed by atoms with Gasteiger partial charge < -0.3 is 5.32 Å². The van der Waals surface area contributed by atoms with Gasteiger partial charge in [0.1, 0.15) is 16.7 Å². The average molecular weight is 398 g/mol. The SMILES string of the molecule is CCSc1nn(-c2ccccc2)c(NC(=O)Nc2cccc(Cl)c2)c1C#N. The maximum atomic E-state index is 12.5. The van der Waals surface area contributed by atoms with Gasteiger partial charge in [0, 0.05) is 10.7 Å². The van der Waals surface area contributed by atoms with E-state index in [1.807, 2.05) is 37.3 Å². The minimum Gasteiger partial charge on any atom is -0.308 e. The number of carbonyl (C=O) groups is 1. The second kappa shape index (κ2) is 8.62. The molecule has 0 bridgehead atoms. The molecular weight excluding hydrogens is 382 g/mol. The van der Waals surface area contributed by atoms with Crippen molar-refractivity contribution in [2.24, 2.45) is 0 Å². The van der Waals surface area contributed by atoms with E-state index in [1.54, 1.807) is 28.9 Å². The molecule has 8 heteroatoms. The predicted molar refractivity (Wildman–Crippen MR) is 109 cm³/mol. The number of amides is 2. The van der Waals surface area contributed by atoms with Gasteiger partial charge in [-0.3, -0.25) is 5.32 Å². The lowest BCUT2D eigenvalue weighted by atomic mass is 10.3. The first-order valence-electron chi connectivity index (χ1n) is 8.17. The van der Waals surface area contributed by atoms with Gasteiger partial charge in [0.25, 0.3) is 0 Å². The molecule has 2 N–H and O–H groups in total. The predicted octanol–water partition coefficient (Wildman–Crippen LogP) is 5.15. The highest BCUT2D eigenvalue weighted by molar-refractivity contribution is 7.99. The number of nitrogens with one attached hydrogen (secondary N) is 2. The van der Waals surface area contributed by atoms with E-state index in [9.17, 15) is 10.1 Å². The Labute approximate surface area is 166 Å². The zero-order chi connectivity index (χ0) is 19.2. The smallest absolute Gasteiger partial charge is 0.308 e. The highest BCUT2D eigenvalue weighted by Gasteiger charge is 2.21. The fourth-order valence-electron chi connectivity index (χ4n) is 2.44. The molecule has 1 aromatic heterocycles. The van der Waals surface area contributed by atoms with Crippen LogP contribution in [0.1, 0.15) is 12.5 Å². The van der Waals surface area contributed by atoms with E-state index < -0.39 is 6.03 Å². The van der Waals surface area contributed by atoms with Gasteiger partial charge in [-0.25, -0.2) is 9.48 Å². The summed E-state index contributed by atoms with van der Waals surface area (Å²) in [5.41, 5.74) is 1.62. The molecule has 2 aromatic carbocycles. The summed E-state index contributed by atoms with van der Waals surface area (Å²) in [4.78, 5) is 12.5. The van der Waals surface area contributed by atoms with Crippen LogP contribution in [0.2, 0.25) is 5.02 Å². The van der Waals surface area contributed by atoms with Crippen molar-refractivity contribution in [3.63, 3.8) is 0 Å². The van der Waals surface area contributed by atoms with Crippen LogP contribution in [-0.4, -0.2) is 21.6 Å². The molecule has 0 aliphatic carbocycles. The van der Waals surface area contributed by atoms with Crippen molar-refractivity contribution in [3.05, 3.63) is 65.2 Å². The number of hydrogen-bond donors (Lipinski definition) is 2. The van der Waals surface area contributed by atoms with Crippen LogP contribution in [0.4, 0.5) is 16.3 Å².